The van der Waals surface area contributed by atoms with Gasteiger partial charge in [-0.15, -0.1) is 0 Å². The minimum Gasteiger partial charge on any atom is -0.457 e. The Hall–Kier alpha value is -3.65. The average molecular weight is 474 g/mol. The van der Waals surface area contributed by atoms with Crippen LogP contribution in [0, 0.1) is 5.41 Å². The van der Waals surface area contributed by atoms with Gasteiger partial charge in [-0.05, 0) is 55.8 Å². The van der Waals surface area contributed by atoms with Crippen molar-refractivity contribution in [1.29, 1.82) is 0 Å². The summed E-state index contributed by atoms with van der Waals surface area (Å²) >= 11 is 0. The molecule has 1 spiro atoms. The third kappa shape index (κ3) is 5.07. The van der Waals surface area contributed by atoms with Crippen LogP contribution in [0.2, 0.25) is 0 Å². The number of rotatable bonds is 5. The maximum atomic E-state index is 12.8. The van der Waals surface area contributed by atoms with Gasteiger partial charge in [0.05, 0.1) is 18.1 Å². The first-order valence-corrected chi connectivity index (χ1v) is 12.0. The highest BCUT2D eigenvalue weighted by molar-refractivity contribution is 5.91. The predicted octanol–water partition coefficient (Wildman–Crippen LogP) is 4.22. The Morgan fingerprint density at radius 3 is 2.46 bits per heavy atom. The van der Waals surface area contributed by atoms with Gasteiger partial charge in [0.15, 0.2) is 0 Å². The number of aromatic nitrogens is 2. The molecule has 1 aromatic heterocycles. The van der Waals surface area contributed by atoms with Crippen LogP contribution in [0.3, 0.4) is 0 Å². The SMILES string of the molecule is CC(=O)N(C)c1cnn(C(=O)N2CC3(CCN(Cc4cccc(Oc5ccccc5)c4)CC3)C2)c1. The smallest absolute Gasteiger partial charge is 0.344 e. The van der Waals surface area contributed by atoms with Crippen LogP contribution in [0.4, 0.5) is 10.5 Å². The number of hydrogen-bond donors (Lipinski definition) is 0. The quantitative estimate of drug-likeness (QED) is 0.555. The van der Waals surface area contributed by atoms with Crippen molar-refractivity contribution in [2.24, 2.45) is 5.41 Å². The molecule has 0 radical (unpaired) electrons. The van der Waals surface area contributed by atoms with Gasteiger partial charge in [0.1, 0.15) is 11.5 Å². The van der Waals surface area contributed by atoms with Crippen LogP contribution in [0.15, 0.2) is 67.0 Å². The summed E-state index contributed by atoms with van der Waals surface area (Å²) in [6.45, 7) is 5.93. The van der Waals surface area contributed by atoms with E-state index in [4.69, 9.17) is 4.74 Å². The normalized spacial score (nSPS) is 17.1. The molecule has 182 valence electrons. The molecule has 2 aromatic carbocycles. The second-order valence-electron chi connectivity index (χ2n) is 9.70. The van der Waals surface area contributed by atoms with E-state index in [1.54, 1.807) is 19.4 Å². The topological polar surface area (TPSA) is 70.9 Å². The fourth-order valence-corrected chi connectivity index (χ4v) is 4.91. The number of para-hydroxylation sites is 1. The fourth-order valence-electron chi connectivity index (χ4n) is 4.91. The lowest BCUT2D eigenvalue weighted by Crippen LogP contribution is -2.62. The molecule has 2 aliphatic rings. The Morgan fingerprint density at radius 2 is 1.74 bits per heavy atom. The minimum atomic E-state index is -0.128. The molecular weight excluding hydrogens is 442 g/mol. The lowest BCUT2D eigenvalue weighted by atomic mass is 9.72. The zero-order chi connectivity index (χ0) is 24.4. The highest BCUT2D eigenvalue weighted by Crippen LogP contribution is 2.41. The molecular formula is C27H31N5O3. The molecule has 0 unspecified atom stereocenters. The third-order valence-corrected chi connectivity index (χ3v) is 7.15. The number of piperidine rings is 1. The Morgan fingerprint density at radius 1 is 1.03 bits per heavy atom. The molecule has 0 saturated carbocycles. The molecule has 3 aromatic rings. The summed E-state index contributed by atoms with van der Waals surface area (Å²) in [5.41, 5.74) is 2.06. The zero-order valence-electron chi connectivity index (χ0n) is 20.3. The second-order valence-corrected chi connectivity index (χ2v) is 9.70. The van der Waals surface area contributed by atoms with Crippen LogP contribution in [-0.2, 0) is 11.3 Å². The predicted molar refractivity (Wildman–Crippen MR) is 134 cm³/mol. The van der Waals surface area contributed by atoms with Gasteiger partial charge in [-0.2, -0.15) is 9.78 Å². The van der Waals surface area contributed by atoms with Crippen molar-refractivity contribution >= 4 is 17.6 Å². The fraction of sp³-hybridized carbons (Fsp3) is 0.370. The van der Waals surface area contributed by atoms with Crippen molar-refractivity contribution < 1.29 is 14.3 Å². The molecule has 3 heterocycles. The summed E-state index contributed by atoms with van der Waals surface area (Å²) in [5.74, 6) is 1.60. The van der Waals surface area contributed by atoms with Gasteiger partial charge in [0, 0.05) is 39.0 Å². The number of carbonyl (C=O) groups is 2. The van der Waals surface area contributed by atoms with Crippen LogP contribution in [0.5, 0.6) is 11.5 Å². The van der Waals surface area contributed by atoms with Gasteiger partial charge in [-0.1, -0.05) is 30.3 Å². The standard InChI is InChI=1S/C27H31N5O3/c1-21(33)29(2)23-16-28-32(18-23)26(34)31-19-27(20-31)11-13-30(14-12-27)17-22-7-6-10-25(15-22)35-24-8-4-3-5-9-24/h3-10,15-16,18H,11-14,17,19-20H2,1-2H3. The largest absolute Gasteiger partial charge is 0.457 e. The zero-order valence-corrected chi connectivity index (χ0v) is 20.3. The number of anilines is 1. The number of carbonyl (C=O) groups excluding carboxylic acids is 2. The molecule has 5 rings (SSSR count). The lowest BCUT2D eigenvalue weighted by Gasteiger charge is -2.53. The second kappa shape index (κ2) is 9.54. The molecule has 2 saturated heterocycles. The Kier molecular flexibility index (Phi) is 6.30. The maximum absolute atomic E-state index is 12.8. The van der Waals surface area contributed by atoms with E-state index in [1.807, 2.05) is 47.4 Å². The Labute approximate surface area is 205 Å². The van der Waals surface area contributed by atoms with E-state index in [0.717, 1.165) is 57.1 Å². The summed E-state index contributed by atoms with van der Waals surface area (Å²) in [6, 6.07) is 18.0. The molecule has 0 bridgehead atoms. The molecule has 35 heavy (non-hydrogen) atoms. The average Bonchev–Trinajstić information content (AvgIpc) is 3.33. The number of benzene rings is 2. The van der Waals surface area contributed by atoms with Gasteiger partial charge in [-0.25, -0.2) is 4.79 Å². The van der Waals surface area contributed by atoms with Crippen molar-refractivity contribution in [3.63, 3.8) is 0 Å². The summed E-state index contributed by atoms with van der Waals surface area (Å²) in [5, 5.41) is 4.16. The van der Waals surface area contributed by atoms with Gasteiger partial charge in [0.25, 0.3) is 0 Å². The Bertz CT molecular complexity index is 1190. The Balaban J connectivity index is 1.11. The first-order chi connectivity index (χ1) is 16.9. The third-order valence-electron chi connectivity index (χ3n) is 7.15. The van der Waals surface area contributed by atoms with Crippen molar-refractivity contribution in [2.45, 2.75) is 26.3 Å². The van der Waals surface area contributed by atoms with Crippen molar-refractivity contribution in [3.8, 4) is 11.5 Å². The number of amides is 2. The van der Waals surface area contributed by atoms with E-state index in [9.17, 15) is 9.59 Å². The highest BCUT2D eigenvalue weighted by Gasteiger charge is 2.47. The van der Waals surface area contributed by atoms with Crippen molar-refractivity contribution in [1.82, 2.24) is 19.6 Å². The summed E-state index contributed by atoms with van der Waals surface area (Å²) in [4.78, 5) is 30.2. The summed E-state index contributed by atoms with van der Waals surface area (Å²) in [7, 11) is 1.67. The first-order valence-electron chi connectivity index (χ1n) is 12.0. The van der Waals surface area contributed by atoms with Crippen LogP contribution >= 0.6 is 0 Å². The summed E-state index contributed by atoms with van der Waals surface area (Å²) < 4.78 is 7.32. The maximum Gasteiger partial charge on any atom is 0.344 e. The molecule has 0 N–H and O–H groups in total. The molecule has 0 atom stereocenters. The van der Waals surface area contributed by atoms with E-state index in [-0.39, 0.29) is 17.4 Å². The van der Waals surface area contributed by atoms with Crippen LogP contribution < -0.4 is 9.64 Å². The number of nitrogens with zero attached hydrogens (tertiary/aromatic N) is 5. The molecule has 0 aliphatic carbocycles. The number of likely N-dealkylation sites (tertiary alicyclic amines) is 2. The molecule has 8 heteroatoms. The monoisotopic (exact) mass is 473 g/mol. The van der Waals surface area contributed by atoms with E-state index in [2.05, 4.69) is 22.1 Å². The van der Waals surface area contributed by atoms with E-state index >= 15 is 0 Å². The van der Waals surface area contributed by atoms with Crippen LogP contribution in [-0.4, -0.2) is 64.7 Å². The van der Waals surface area contributed by atoms with Gasteiger partial charge >= 0.3 is 6.03 Å². The summed E-state index contributed by atoms with van der Waals surface area (Å²) in [6.07, 6.45) is 5.32. The van der Waals surface area contributed by atoms with E-state index < -0.39 is 0 Å². The molecule has 2 aliphatic heterocycles. The van der Waals surface area contributed by atoms with Crippen molar-refractivity contribution in [2.75, 3.05) is 38.1 Å². The first kappa shape index (κ1) is 23.1. The van der Waals surface area contributed by atoms with Gasteiger partial charge in [0.2, 0.25) is 5.91 Å². The highest BCUT2D eigenvalue weighted by atomic mass is 16.5. The number of hydrogen-bond acceptors (Lipinski definition) is 5. The molecule has 2 fully saturated rings. The van der Waals surface area contributed by atoms with E-state index in [1.165, 1.54) is 22.1 Å². The lowest BCUT2D eigenvalue weighted by molar-refractivity contribution is -0.116. The van der Waals surface area contributed by atoms with Gasteiger partial charge < -0.3 is 14.5 Å². The molecule has 8 nitrogen and oxygen atoms in total. The minimum absolute atomic E-state index is 0.0953. The molecule has 2 amide bonds. The van der Waals surface area contributed by atoms with Crippen LogP contribution in [0.25, 0.3) is 0 Å². The van der Waals surface area contributed by atoms with Crippen molar-refractivity contribution in [3.05, 3.63) is 72.6 Å². The van der Waals surface area contributed by atoms with E-state index in [0.29, 0.717) is 5.69 Å². The van der Waals surface area contributed by atoms with Crippen LogP contribution in [0.1, 0.15) is 25.3 Å². The van der Waals surface area contributed by atoms with Gasteiger partial charge in [-0.3, -0.25) is 9.69 Å². The number of ether oxygens (including phenoxy) is 1.